The molecule has 1 saturated heterocycles. The van der Waals surface area contributed by atoms with Crippen molar-refractivity contribution in [1.29, 1.82) is 0 Å². The highest BCUT2D eigenvalue weighted by molar-refractivity contribution is 5.84. The fourth-order valence-electron chi connectivity index (χ4n) is 4.01. The van der Waals surface area contributed by atoms with Gasteiger partial charge in [0.15, 0.2) is 0 Å². The van der Waals surface area contributed by atoms with E-state index in [-0.39, 0.29) is 17.6 Å². The number of carbonyl (C=O) groups is 1. The lowest BCUT2D eigenvalue weighted by Crippen LogP contribution is -2.33. The summed E-state index contributed by atoms with van der Waals surface area (Å²) in [5.41, 5.74) is 2.51. The van der Waals surface area contributed by atoms with Crippen molar-refractivity contribution >= 4 is 22.6 Å². The number of hydrogen-bond donors (Lipinski definition) is 1. The van der Waals surface area contributed by atoms with Crippen LogP contribution in [0.3, 0.4) is 0 Å². The molecule has 0 saturated carbocycles. The van der Waals surface area contributed by atoms with Crippen molar-refractivity contribution in [1.82, 2.24) is 14.9 Å². The van der Waals surface area contributed by atoms with Gasteiger partial charge in [0.2, 0.25) is 11.7 Å². The average Bonchev–Trinajstić information content (AvgIpc) is 3.39. The van der Waals surface area contributed by atoms with E-state index in [1.807, 2.05) is 24.3 Å². The van der Waals surface area contributed by atoms with Gasteiger partial charge in [-0.2, -0.15) is 13.2 Å². The molecule has 1 fully saturated rings. The Morgan fingerprint density at radius 3 is 2.50 bits per heavy atom. The van der Waals surface area contributed by atoms with Crippen LogP contribution in [0.25, 0.3) is 11.0 Å². The van der Waals surface area contributed by atoms with Crippen LogP contribution in [-0.4, -0.2) is 28.5 Å². The van der Waals surface area contributed by atoms with Gasteiger partial charge in [0.1, 0.15) is 6.04 Å². The van der Waals surface area contributed by atoms with Gasteiger partial charge < -0.3 is 14.8 Å². The predicted molar refractivity (Wildman–Crippen MR) is 109 cm³/mol. The molecule has 1 amide bonds. The molecule has 3 aromatic rings. The first kappa shape index (κ1) is 20.3. The Hall–Kier alpha value is -3.03. The zero-order valence-corrected chi connectivity index (χ0v) is 16.6. The number of para-hydroxylation sites is 3. The molecule has 30 heavy (non-hydrogen) atoms. The summed E-state index contributed by atoms with van der Waals surface area (Å²) >= 11 is 0. The van der Waals surface area contributed by atoms with E-state index in [4.69, 9.17) is 0 Å². The van der Waals surface area contributed by atoms with Crippen molar-refractivity contribution in [2.75, 3.05) is 18.0 Å². The van der Waals surface area contributed by atoms with Crippen LogP contribution in [0, 0.1) is 0 Å². The standard InChI is InChI=1S/C22H23F3N4O/c1-15(29-19-11-5-3-9-17(19)27-21(29)22(23,24)25)20(30)26-14-16-8-2-4-10-18(16)28-12-6-7-13-28/h2-5,8-11,15H,6-7,12-14H2,1H3,(H,26,30)/t15-/m1/s1. The normalized spacial score (nSPS) is 15.5. The van der Waals surface area contributed by atoms with Crippen LogP contribution in [0.15, 0.2) is 48.5 Å². The molecule has 0 unspecified atom stereocenters. The number of fused-ring (bicyclic) bond motifs is 1. The number of nitrogens with zero attached hydrogens (tertiary/aromatic N) is 3. The van der Waals surface area contributed by atoms with Crippen LogP contribution in [0.4, 0.5) is 18.9 Å². The topological polar surface area (TPSA) is 50.2 Å². The minimum atomic E-state index is -4.66. The third kappa shape index (κ3) is 3.86. The van der Waals surface area contributed by atoms with E-state index in [0.29, 0.717) is 0 Å². The van der Waals surface area contributed by atoms with Crippen LogP contribution >= 0.6 is 0 Å². The minimum absolute atomic E-state index is 0.212. The number of nitrogens with one attached hydrogen (secondary N) is 1. The van der Waals surface area contributed by atoms with E-state index in [9.17, 15) is 18.0 Å². The Morgan fingerprint density at radius 2 is 1.77 bits per heavy atom. The summed E-state index contributed by atoms with van der Waals surface area (Å²) in [5, 5.41) is 2.81. The molecule has 0 bridgehead atoms. The number of hydrogen-bond acceptors (Lipinski definition) is 3. The maximum atomic E-state index is 13.6. The maximum Gasteiger partial charge on any atom is 0.449 e. The quantitative estimate of drug-likeness (QED) is 0.665. The first-order chi connectivity index (χ1) is 14.4. The van der Waals surface area contributed by atoms with E-state index >= 15 is 0 Å². The summed E-state index contributed by atoms with van der Waals surface area (Å²) in [6.07, 6.45) is -2.40. The second kappa shape index (κ2) is 8.01. The molecule has 0 spiro atoms. The molecule has 1 atom stereocenters. The van der Waals surface area contributed by atoms with Crippen molar-refractivity contribution in [3.8, 4) is 0 Å². The summed E-state index contributed by atoms with van der Waals surface area (Å²) in [6.45, 7) is 3.66. The van der Waals surface area contributed by atoms with Crippen LogP contribution in [0.5, 0.6) is 0 Å². The molecule has 5 nitrogen and oxygen atoms in total. The van der Waals surface area contributed by atoms with E-state index < -0.39 is 23.9 Å². The Morgan fingerprint density at radius 1 is 1.10 bits per heavy atom. The van der Waals surface area contributed by atoms with E-state index in [0.717, 1.165) is 41.7 Å². The van der Waals surface area contributed by atoms with Crippen LogP contribution in [-0.2, 0) is 17.5 Å². The molecule has 1 aromatic heterocycles. The second-order valence-electron chi connectivity index (χ2n) is 7.51. The lowest BCUT2D eigenvalue weighted by molar-refractivity contribution is -0.148. The van der Waals surface area contributed by atoms with Crippen molar-refractivity contribution < 1.29 is 18.0 Å². The molecular weight excluding hydrogens is 393 g/mol. The highest BCUT2D eigenvalue weighted by atomic mass is 19.4. The third-order valence-corrected chi connectivity index (χ3v) is 5.51. The summed E-state index contributed by atoms with van der Waals surface area (Å²) in [6, 6.07) is 13.1. The highest BCUT2D eigenvalue weighted by Crippen LogP contribution is 2.34. The molecule has 8 heteroatoms. The Labute approximate surface area is 172 Å². The minimum Gasteiger partial charge on any atom is -0.371 e. The first-order valence-corrected chi connectivity index (χ1v) is 10.0. The third-order valence-electron chi connectivity index (χ3n) is 5.51. The lowest BCUT2D eigenvalue weighted by Gasteiger charge is -2.22. The summed E-state index contributed by atoms with van der Waals surface area (Å²) < 4.78 is 41.7. The largest absolute Gasteiger partial charge is 0.449 e. The lowest BCUT2D eigenvalue weighted by atomic mass is 10.1. The zero-order chi connectivity index (χ0) is 21.3. The smallest absolute Gasteiger partial charge is 0.371 e. The van der Waals surface area contributed by atoms with Gasteiger partial charge in [-0.1, -0.05) is 30.3 Å². The van der Waals surface area contributed by atoms with Gasteiger partial charge in [-0.15, -0.1) is 0 Å². The van der Waals surface area contributed by atoms with Gasteiger partial charge in [0.25, 0.3) is 0 Å². The molecule has 1 aliphatic rings. The number of aromatic nitrogens is 2. The fraction of sp³-hybridized carbons (Fsp3) is 0.364. The molecule has 1 aliphatic heterocycles. The van der Waals surface area contributed by atoms with Crippen LogP contribution < -0.4 is 10.2 Å². The number of rotatable bonds is 5. The molecule has 0 radical (unpaired) electrons. The second-order valence-corrected chi connectivity index (χ2v) is 7.51. The molecule has 158 valence electrons. The average molecular weight is 416 g/mol. The van der Waals surface area contributed by atoms with Gasteiger partial charge in [-0.25, -0.2) is 4.98 Å². The van der Waals surface area contributed by atoms with Crippen molar-refractivity contribution in [3.05, 3.63) is 59.9 Å². The number of halogens is 3. The Bertz CT molecular complexity index is 1050. The molecule has 4 rings (SSSR count). The number of amides is 1. The molecule has 1 N–H and O–H groups in total. The van der Waals surface area contributed by atoms with Crippen molar-refractivity contribution in [2.24, 2.45) is 0 Å². The van der Waals surface area contributed by atoms with Gasteiger partial charge in [0, 0.05) is 25.3 Å². The van der Waals surface area contributed by atoms with E-state index in [2.05, 4.69) is 15.2 Å². The number of carbonyl (C=O) groups excluding carboxylic acids is 1. The maximum absolute atomic E-state index is 13.6. The molecular formula is C22H23F3N4O. The summed E-state index contributed by atoms with van der Waals surface area (Å²) in [4.78, 5) is 18.8. The van der Waals surface area contributed by atoms with Crippen molar-refractivity contribution in [2.45, 2.75) is 38.5 Å². The predicted octanol–water partition coefficient (Wildman–Crippen LogP) is 4.53. The number of anilines is 1. The van der Waals surface area contributed by atoms with E-state index in [1.54, 1.807) is 18.2 Å². The molecule has 0 aliphatic carbocycles. The first-order valence-electron chi connectivity index (χ1n) is 10.0. The monoisotopic (exact) mass is 416 g/mol. The van der Waals surface area contributed by atoms with Crippen LogP contribution in [0.2, 0.25) is 0 Å². The van der Waals surface area contributed by atoms with Crippen LogP contribution in [0.1, 0.15) is 37.2 Å². The Kier molecular flexibility index (Phi) is 5.40. The van der Waals surface area contributed by atoms with Gasteiger partial charge in [0.05, 0.1) is 11.0 Å². The molecule has 2 aromatic carbocycles. The van der Waals surface area contributed by atoms with Gasteiger partial charge in [-0.3, -0.25) is 4.79 Å². The summed E-state index contributed by atoms with van der Waals surface area (Å²) in [7, 11) is 0. The SMILES string of the molecule is C[C@H](C(=O)NCc1ccccc1N1CCCC1)n1c(C(F)(F)F)nc2ccccc21. The number of benzene rings is 2. The van der Waals surface area contributed by atoms with Gasteiger partial charge >= 0.3 is 6.18 Å². The zero-order valence-electron chi connectivity index (χ0n) is 16.6. The molecule has 2 heterocycles. The van der Waals surface area contributed by atoms with E-state index in [1.165, 1.54) is 13.0 Å². The number of alkyl halides is 3. The Balaban J connectivity index is 1.57. The fourth-order valence-corrected chi connectivity index (χ4v) is 4.01. The van der Waals surface area contributed by atoms with Gasteiger partial charge in [-0.05, 0) is 43.5 Å². The van der Waals surface area contributed by atoms with Crippen molar-refractivity contribution in [3.63, 3.8) is 0 Å². The highest BCUT2D eigenvalue weighted by Gasteiger charge is 2.39. The summed E-state index contributed by atoms with van der Waals surface area (Å²) in [5.74, 6) is -1.55. The number of imidazole rings is 1.